The number of carbonyl (C=O) groups excluding carboxylic acids is 2. The van der Waals surface area contributed by atoms with Gasteiger partial charge in [-0.2, -0.15) is 0 Å². The van der Waals surface area contributed by atoms with E-state index in [1.807, 2.05) is 6.08 Å². The Labute approximate surface area is 372 Å². The molecule has 0 aliphatic rings. The van der Waals surface area contributed by atoms with Crippen LogP contribution in [0.2, 0.25) is 0 Å². The van der Waals surface area contributed by atoms with Gasteiger partial charge in [0.15, 0.2) is 6.10 Å². The first kappa shape index (κ1) is 59.0. The van der Waals surface area contributed by atoms with Gasteiger partial charge in [-0.1, -0.05) is 212 Å². The minimum Gasteiger partial charge on any atom is -0.480 e. The summed E-state index contributed by atoms with van der Waals surface area (Å²) in [6.07, 6.45) is 48.2. The number of aliphatic carboxylic acids is 1. The van der Waals surface area contributed by atoms with Crippen LogP contribution in [0.1, 0.15) is 239 Å². The SMILES string of the molecule is CCCCCCCCCCC/C=C/C/C=C/CCCC(=O)OC[C@H](COP(=O)(O)OC[C@H](N)C(=O)O)OC(=O)CCCCCCCCCCCCCCCCCCCCCC. The lowest BCUT2D eigenvalue weighted by atomic mass is 10.0. The molecule has 12 heteroatoms. The Morgan fingerprint density at radius 3 is 1.33 bits per heavy atom. The number of phosphoric ester groups is 1. The fourth-order valence-corrected chi connectivity index (χ4v) is 7.83. The standard InChI is InChI=1S/C49H92NO10P/c1-3-5-7-9-11-13-15-17-19-21-22-23-25-27-29-31-33-35-37-39-41-48(52)60-45(43-58-61(55,56)59-44-46(50)49(53)54)42-57-47(51)40-38-36-34-32-30-28-26-24-20-18-16-14-12-10-8-6-4-2/h26,28,32,34,45-46H,3-25,27,29-31,33,35-44,50H2,1-2H3,(H,53,54)(H,55,56)/b28-26+,34-32+/t45-,46+/m1/s1. The van der Waals surface area contributed by atoms with Crippen molar-refractivity contribution in [2.24, 2.45) is 5.73 Å². The molecule has 3 atom stereocenters. The summed E-state index contributed by atoms with van der Waals surface area (Å²) < 4.78 is 32.8. The van der Waals surface area contributed by atoms with E-state index in [0.29, 0.717) is 19.3 Å². The molecule has 11 nitrogen and oxygen atoms in total. The Morgan fingerprint density at radius 2 is 0.885 bits per heavy atom. The second-order valence-corrected chi connectivity index (χ2v) is 18.4. The molecule has 0 aromatic rings. The molecule has 0 aromatic carbocycles. The summed E-state index contributed by atoms with van der Waals surface area (Å²) in [5.41, 5.74) is 5.35. The molecule has 1 unspecified atom stereocenters. The number of rotatable bonds is 47. The summed E-state index contributed by atoms with van der Waals surface area (Å²) in [4.78, 5) is 46.1. The van der Waals surface area contributed by atoms with Crippen LogP contribution in [-0.2, 0) is 37.5 Å². The summed E-state index contributed by atoms with van der Waals surface area (Å²) in [7, 11) is -4.73. The summed E-state index contributed by atoms with van der Waals surface area (Å²) >= 11 is 0. The van der Waals surface area contributed by atoms with Crippen LogP contribution >= 0.6 is 7.82 Å². The quantitative estimate of drug-likeness (QED) is 0.0230. The zero-order valence-corrected chi connectivity index (χ0v) is 39.9. The fraction of sp³-hybridized carbons (Fsp3) is 0.857. The van der Waals surface area contributed by atoms with Crippen molar-refractivity contribution in [1.29, 1.82) is 0 Å². The molecule has 0 saturated heterocycles. The third kappa shape index (κ3) is 44.4. The Balaban J connectivity index is 4.29. The third-order valence-corrected chi connectivity index (χ3v) is 11.9. The zero-order chi connectivity index (χ0) is 44.9. The van der Waals surface area contributed by atoms with Crippen LogP contribution in [0.15, 0.2) is 24.3 Å². The maximum atomic E-state index is 12.7. The van der Waals surface area contributed by atoms with E-state index in [9.17, 15) is 23.8 Å². The van der Waals surface area contributed by atoms with Gasteiger partial charge in [-0.25, -0.2) is 4.57 Å². The minimum absolute atomic E-state index is 0.158. The van der Waals surface area contributed by atoms with Crippen LogP contribution in [0.25, 0.3) is 0 Å². The topological polar surface area (TPSA) is 172 Å². The summed E-state index contributed by atoms with van der Waals surface area (Å²) in [6.45, 7) is 2.80. The molecule has 0 amide bonds. The van der Waals surface area contributed by atoms with E-state index in [2.05, 4.69) is 36.6 Å². The Bertz CT molecular complexity index is 1130. The van der Waals surface area contributed by atoms with E-state index in [0.717, 1.165) is 32.1 Å². The van der Waals surface area contributed by atoms with Crippen molar-refractivity contribution in [2.45, 2.75) is 251 Å². The van der Waals surface area contributed by atoms with Crippen LogP contribution in [0.4, 0.5) is 0 Å². The summed E-state index contributed by atoms with van der Waals surface area (Å²) in [5.74, 6) is -2.42. The Morgan fingerprint density at radius 1 is 0.508 bits per heavy atom. The van der Waals surface area contributed by atoms with Crippen molar-refractivity contribution in [2.75, 3.05) is 19.8 Å². The molecule has 61 heavy (non-hydrogen) atoms. The van der Waals surface area contributed by atoms with Gasteiger partial charge in [0.1, 0.15) is 12.6 Å². The van der Waals surface area contributed by atoms with Gasteiger partial charge in [0, 0.05) is 12.8 Å². The summed E-state index contributed by atoms with van der Waals surface area (Å²) in [5, 5.41) is 8.91. The van der Waals surface area contributed by atoms with Crippen LogP contribution in [0.5, 0.6) is 0 Å². The van der Waals surface area contributed by atoms with Crippen LogP contribution in [0.3, 0.4) is 0 Å². The molecule has 0 heterocycles. The van der Waals surface area contributed by atoms with Crippen molar-refractivity contribution in [3.05, 3.63) is 24.3 Å². The average molecular weight is 886 g/mol. The molecule has 0 radical (unpaired) electrons. The Kier molecular flexibility index (Phi) is 43.1. The van der Waals surface area contributed by atoms with Crippen molar-refractivity contribution >= 4 is 25.7 Å². The van der Waals surface area contributed by atoms with Gasteiger partial charge in [0.25, 0.3) is 0 Å². The van der Waals surface area contributed by atoms with Gasteiger partial charge in [0.2, 0.25) is 0 Å². The first-order valence-corrected chi connectivity index (χ1v) is 26.4. The van der Waals surface area contributed by atoms with Crippen molar-refractivity contribution in [3.8, 4) is 0 Å². The number of unbranched alkanes of at least 4 members (excludes halogenated alkanes) is 29. The van der Waals surface area contributed by atoms with Crippen molar-refractivity contribution in [3.63, 3.8) is 0 Å². The van der Waals surface area contributed by atoms with Crippen LogP contribution in [0, 0.1) is 0 Å². The number of allylic oxidation sites excluding steroid dienone is 4. The van der Waals surface area contributed by atoms with Gasteiger partial charge in [0.05, 0.1) is 13.2 Å². The van der Waals surface area contributed by atoms with Crippen molar-refractivity contribution in [1.82, 2.24) is 0 Å². The number of nitrogens with two attached hydrogens (primary N) is 1. The van der Waals surface area contributed by atoms with E-state index in [-0.39, 0.29) is 19.4 Å². The van der Waals surface area contributed by atoms with Gasteiger partial charge < -0.3 is 25.2 Å². The van der Waals surface area contributed by atoms with E-state index >= 15 is 0 Å². The number of esters is 2. The minimum atomic E-state index is -4.73. The smallest absolute Gasteiger partial charge is 0.472 e. The van der Waals surface area contributed by atoms with Gasteiger partial charge in [-0.05, 0) is 38.5 Å². The maximum Gasteiger partial charge on any atom is 0.472 e. The molecule has 0 aromatic heterocycles. The van der Waals surface area contributed by atoms with Gasteiger partial charge in [-0.3, -0.25) is 23.4 Å². The molecule has 0 bridgehead atoms. The molecule has 358 valence electrons. The average Bonchev–Trinajstić information content (AvgIpc) is 3.24. The molecule has 0 rings (SSSR count). The number of carbonyl (C=O) groups is 3. The van der Waals surface area contributed by atoms with Crippen molar-refractivity contribution < 1.29 is 47.5 Å². The number of carboxylic acid groups (broad SMARTS) is 1. The molecule has 4 N–H and O–H groups in total. The number of ether oxygens (including phenoxy) is 2. The highest BCUT2D eigenvalue weighted by Gasteiger charge is 2.28. The van der Waals surface area contributed by atoms with E-state index in [1.54, 1.807) is 0 Å². The number of hydrogen-bond acceptors (Lipinski definition) is 9. The predicted molar refractivity (Wildman–Crippen MR) is 249 cm³/mol. The van der Waals surface area contributed by atoms with Crippen LogP contribution in [-0.4, -0.2) is 59.9 Å². The molecular weight excluding hydrogens is 794 g/mol. The monoisotopic (exact) mass is 886 g/mol. The fourth-order valence-electron chi connectivity index (χ4n) is 7.05. The molecule has 0 fully saturated rings. The number of carboxylic acids is 1. The molecule has 0 aliphatic heterocycles. The molecule has 0 aliphatic carbocycles. The van der Waals surface area contributed by atoms with E-state index in [4.69, 9.17) is 24.8 Å². The van der Waals surface area contributed by atoms with Gasteiger partial charge >= 0.3 is 25.7 Å². The highest BCUT2D eigenvalue weighted by molar-refractivity contribution is 7.47. The lowest BCUT2D eigenvalue weighted by Crippen LogP contribution is -2.34. The lowest BCUT2D eigenvalue weighted by molar-refractivity contribution is -0.161. The number of hydrogen-bond donors (Lipinski definition) is 3. The highest BCUT2D eigenvalue weighted by atomic mass is 31.2. The van der Waals surface area contributed by atoms with E-state index in [1.165, 1.54) is 161 Å². The third-order valence-electron chi connectivity index (χ3n) is 11.0. The number of phosphoric acid groups is 1. The molecular formula is C49H92NO10P. The highest BCUT2D eigenvalue weighted by Crippen LogP contribution is 2.43. The largest absolute Gasteiger partial charge is 0.480 e. The zero-order valence-electron chi connectivity index (χ0n) is 39.0. The lowest BCUT2D eigenvalue weighted by Gasteiger charge is -2.20. The maximum absolute atomic E-state index is 12.7. The van der Waals surface area contributed by atoms with Gasteiger partial charge in [-0.15, -0.1) is 0 Å². The first-order valence-electron chi connectivity index (χ1n) is 24.9. The van der Waals surface area contributed by atoms with Crippen LogP contribution < -0.4 is 5.73 Å². The van der Waals surface area contributed by atoms with E-state index < -0.39 is 51.1 Å². The molecule has 0 spiro atoms. The predicted octanol–water partition coefficient (Wildman–Crippen LogP) is 13.8. The molecule has 0 saturated carbocycles. The normalized spacial score (nSPS) is 13.8. The Hall–Kier alpha value is -2.04. The second kappa shape index (κ2) is 44.6. The second-order valence-electron chi connectivity index (χ2n) is 17.0. The first-order chi connectivity index (χ1) is 29.6. The summed E-state index contributed by atoms with van der Waals surface area (Å²) in [6, 6.07) is -1.52.